The van der Waals surface area contributed by atoms with Crippen molar-refractivity contribution in [2.45, 2.75) is 10.9 Å². The molecule has 1 unspecified atom stereocenters. The fraction of sp³-hybridized carbons (Fsp3) is 0.200. The van der Waals surface area contributed by atoms with Crippen molar-refractivity contribution < 1.29 is 0 Å². The van der Waals surface area contributed by atoms with Crippen LogP contribution in [0.1, 0.15) is 11.6 Å². The molecule has 0 heterocycles. The van der Waals surface area contributed by atoms with Gasteiger partial charge in [0.05, 0.1) is 0 Å². The van der Waals surface area contributed by atoms with E-state index in [0.29, 0.717) is 6.04 Å². The minimum atomic E-state index is 0.304. The van der Waals surface area contributed by atoms with Gasteiger partial charge < -0.3 is 5.32 Å². The summed E-state index contributed by atoms with van der Waals surface area (Å²) >= 11 is 13.6. The number of rotatable bonds is 5. The molecule has 19 heavy (non-hydrogen) atoms. The Balaban J connectivity index is 1.99. The number of halogens is 2. The number of benzene rings is 2. The molecule has 100 valence electrons. The molecule has 0 spiro atoms. The zero-order chi connectivity index (χ0) is 13.7. The van der Waals surface area contributed by atoms with E-state index in [9.17, 15) is 0 Å². The molecule has 1 N–H and O–H groups in total. The van der Waals surface area contributed by atoms with Gasteiger partial charge in [0.25, 0.3) is 0 Å². The molecule has 0 aliphatic carbocycles. The van der Waals surface area contributed by atoms with Crippen LogP contribution in [-0.2, 0) is 0 Å². The molecule has 0 fully saturated rings. The molecule has 1 nitrogen and oxygen atoms in total. The summed E-state index contributed by atoms with van der Waals surface area (Å²) in [5, 5.41) is 4.87. The molecule has 2 rings (SSSR count). The largest absolute Gasteiger partial charge is 0.312 e. The van der Waals surface area contributed by atoms with Crippen LogP contribution in [0, 0.1) is 0 Å². The molecule has 0 saturated carbocycles. The normalized spacial score (nSPS) is 12.4. The van der Waals surface area contributed by atoms with Crippen LogP contribution < -0.4 is 5.32 Å². The average Bonchev–Trinajstić information content (AvgIpc) is 2.43. The summed E-state index contributed by atoms with van der Waals surface area (Å²) in [7, 11) is 1.97. The molecular formula is C15H15Cl2NS. The van der Waals surface area contributed by atoms with Crippen molar-refractivity contribution in [3.63, 3.8) is 0 Å². The minimum absolute atomic E-state index is 0.304. The second kappa shape index (κ2) is 7.20. The maximum absolute atomic E-state index is 5.91. The van der Waals surface area contributed by atoms with Crippen LogP contribution in [0.4, 0.5) is 0 Å². The maximum atomic E-state index is 5.91. The third-order valence-corrected chi connectivity index (χ3v) is 4.46. The van der Waals surface area contributed by atoms with E-state index in [-0.39, 0.29) is 0 Å². The second-order valence-corrected chi connectivity index (χ2v) is 6.12. The van der Waals surface area contributed by atoms with Crippen molar-refractivity contribution in [3.05, 3.63) is 64.1 Å². The first-order valence-electron chi connectivity index (χ1n) is 6.00. The molecule has 0 aliphatic heterocycles. The van der Waals surface area contributed by atoms with Crippen LogP contribution in [-0.4, -0.2) is 12.8 Å². The fourth-order valence-corrected chi connectivity index (χ4v) is 3.05. The Labute approximate surface area is 128 Å². The second-order valence-electron chi connectivity index (χ2n) is 4.16. The van der Waals surface area contributed by atoms with Gasteiger partial charge in [0.15, 0.2) is 0 Å². The molecule has 0 saturated heterocycles. The molecule has 4 heteroatoms. The highest BCUT2D eigenvalue weighted by molar-refractivity contribution is 7.99. The fourth-order valence-electron chi connectivity index (χ4n) is 1.75. The van der Waals surface area contributed by atoms with Gasteiger partial charge in [-0.05, 0) is 49.0 Å². The molecule has 2 aromatic carbocycles. The first kappa shape index (κ1) is 14.7. The third-order valence-electron chi connectivity index (χ3n) is 2.85. The molecule has 2 aromatic rings. The van der Waals surface area contributed by atoms with Crippen LogP contribution in [0.3, 0.4) is 0 Å². The standard InChI is InChI=1S/C15H15Cl2NS/c1-18-15(11-2-4-12(16)5-3-11)10-19-14-8-6-13(17)7-9-14/h2-9,15,18H,10H2,1H3. The summed E-state index contributed by atoms with van der Waals surface area (Å²) in [5.41, 5.74) is 1.24. The summed E-state index contributed by atoms with van der Waals surface area (Å²) in [6.07, 6.45) is 0. The number of thioether (sulfide) groups is 1. The highest BCUT2D eigenvalue weighted by Gasteiger charge is 2.09. The molecule has 0 bridgehead atoms. The van der Waals surface area contributed by atoms with E-state index in [1.165, 1.54) is 10.5 Å². The van der Waals surface area contributed by atoms with E-state index < -0.39 is 0 Å². The van der Waals surface area contributed by atoms with Gasteiger partial charge in [0.2, 0.25) is 0 Å². The lowest BCUT2D eigenvalue weighted by atomic mass is 10.1. The van der Waals surface area contributed by atoms with Crippen molar-refractivity contribution in [1.29, 1.82) is 0 Å². The summed E-state index contributed by atoms with van der Waals surface area (Å²) in [6, 6.07) is 16.2. The quantitative estimate of drug-likeness (QED) is 0.776. The highest BCUT2D eigenvalue weighted by Crippen LogP contribution is 2.26. The summed E-state index contributed by atoms with van der Waals surface area (Å²) in [4.78, 5) is 1.22. The molecule has 0 radical (unpaired) electrons. The Bertz CT molecular complexity index is 511. The zero-order valence-corrected chi connectivity index (χ0v) is 12.9. The van der Waals surface area contributed by atoms with Crippen LogP contribution in [0.25, 0.3) is 0 Å². The van der Waals surface area contributed by atoms with E-state index in [0.717, 1.165) is 15.8 Å². The predicted octanol–water partition coefficient (Wildman–Crippen LogP) is 5.05. The van der Waals surface area contributed by atoms with E-state index in [2.05, 4.69) is 17.4 Å². The Morgan fingerprint density at radius 1 is 0.947 bits per heavy atom. The van der Waals surface area contributed by atoms with Crippen molar-refractivity contribution >= 4 is 35.0 Å². The van der Waals surface area contributed by atoms with Crippen molar-refractivity contribution in [2.75, 3.05) is 12.8 Å². The molecule has 0 amide bonds. The molecule has 1 atom stereocenters. The van der Waals surface area contributed by atoms with Crippen LogP contribution in [0.5, 0.6) is 0 Å². The van der Waals surface area contributed by atoms with Gasteiger partial charge in [-0.2, -0.15) is 0 Å². The Hall–Kier alpha value is -0.670. The highest BCUT2D eigenvalue weighted by atomic mass is 35.5. The Morgan fingerprint density at radius 2 is 1.47 bits per heavy atom. The molecular weight excluding hydrogens is 297 g/mol. The zero-order valence-electron chi connectivity index (χ0n) is 10.6. The lowest BCUT2D eigenvalue weighted by molar-refractivity contribution is 0.662. The summed E-state index contributed by atoms with van der Waals surface area (Å²) in [5.74, 6) is 0.958. The van der Waals surface area contributed by atoms with Gasteiger partial charge in [-0.3, -0.25) is 0 Å². The van der Waals surface area contributed by atoms with Gasteiger partial charge in [-0.1, -0.05) is 35.3 Å². The Morgan fingerprint density at radius 3 is 2.00 bits per heavy atom. The number of nitrogens with one attached hydrogen (secondary N) is 1. The minimum Gasteiger partial charge on any atom is -0.312 e. The Kier molecular flexibility index (Phi) is 5.59. The van der Waals surface area contributed by atoms with Gasteiger partial charge in [-0.25, -0.2) is 0 Å². The van der Waals surface area contributed by atoms with Gasteiger partial charge >= 0.3 is 0 Å². The topological polar surface area (TPSA) is 12.0 Å². The molecule has 0 aliphatic rings. The smallest absolute Gasteiger partial charge is 0.0412 e. The third kappa shape index (κ3) is 4.43. The van der Waals surface area contributed by atoms with E-state index in [1.807, 2.05) is 43.4 Å². The summed E-state index contributed by atoms with van der Waals surface area (Å²) in [6.45, 7) is 0. The average molecular weight is 312 g/mol. The first-order chi connectivity index (χ1) is 9.19. The van der Waals surface area contributed by atoms with Crippen LogP contribution in [0.2, 0.25) is 10.0 Å². The monoisotopic (exact) mass is 311 g/mol. The van der Waals surface area contributed by atoms with Crippen molar-refractivity contribution in [3.8, 4) is 0 Å². The lowest BCUT2D eigenvalue weighted by Gasteiger charge is -2.16. The first-order valence-corrected chi connectivity index (χ1v) is 7.74. The van der Waals surface area contributed by atoms with Gasteiger partial charge in [0, 0.05) is 26.7 Å². The van der Waals surface area contributed by atoms with E-state index in [4.69, 9.17) is 23.2 Å². The predicted molar refractivity (Wildman–Crippen MR) is 85.4 cm³/mol. The number of hydrogen-bond acceptors (Lipinski definition) is 2. The van der Waals surface area contributed by atoms with Crippen LogP contribution in [0.15, 0.2) is 53.4 Å². The van der Waals surface area contributed by atoms with E-state index in [1.54, 1.807) is 11.8 Å². The van der Waals surface area contributed by atoms with Crippen LogP contribution >= 0.6 is 35.0 Å². The molecule has 0 aromatic heterocycles. The maximum Gasteiger partial charge on any atom is 0.0412 e. The lowest BCUT2D eigenvalue weighted by Crippen LogP contribution is -2.18. The number of hydrogen-bond donors (Lipinski definition) is 1. The summed E-state index contributed by atoms with van der Waals surface area (Å²) < 4.78 is 0. The van der Waals surface area contributed by atoms with Gasteiger partial charge in [0.1, 0.15) is 0 Å². The van der Waals surface area contributed by atoms with E-state index >= 15 is 0 Å². The SMILES string of the molecule is CNC(CSc1ccc(Cl)cc1)c1ccc(Cl)cc1. The van der Waals surface area contributed by atoms with Crippen molar-refractivity contribution in [2.24, 2.45) is 0 Å². The van der Waals surface area contributed by atoms with Gasteiger partial charge in [-0.15, -0.1) is 11.8 Å². The van der Waals surface area contributed by atoms with Crippen molar-refractivity contribution in [1.82, 2.24) is 5.32 Å².